The van der Waals surface area contributed by atoms with Crippen LogP contribution in [0.15, 0.2) is 18.5 Å². The highest BCUT2D eigenvalue weighted by Gasteiger charge is 2.55. The number of ether oxygens (including phenoxy) is 1. The van der Waals surface area contributed by atoms with Crippen LogP contribution in [0, 0.1) is 17.7 Å². The molecule has 1 aromatic carbocycles. The van der Waals surface area contributed by atoms with Crippen molar-refractivity contribution in [1.29, 1.82) is 5.41 Å². The number of aromatic nitrogens is 2. The normalized spacial score (nSPS) is 22.5. The zero-order valence-corrected chi connectivity index (χ0v) is 25.6. The van der Waals surface area contributed by atoms with E-state index in [1.807, 2.05) is 6.92 Å². The molecule has 1 amide bonds. The summed E-state index contributed by atoms with van der Waals surface area (Å²) in [6.07, 6.45) is 2.85. The van der Waals surface area contributed by atoms with E-state index in [9.17, 15) is 9.18 Å². The van der Waals surface area contributed by atoms with Crippen LogP contribution in [-0.4, -0.2) is 90.2 Å². The van der Waals surface area contributed by atoms with Gasteiger partial charge in [-0.15, -0.1) is 0 Å². The van der Waals surface area contributed by atoms with Crippen molar-refractivity contribution in [2.75, 3.05) is 63.6 Å². The van der Waals surface area contributed by atoms with Crippen LogP contribution in [0.3, 0.4) is 0 Å². The summed E-state index contributed by atoms with van der Waals surface area (Å²) < 4.78 is 21.1. The van der Waals surface area contributed by atoms with Crippen LogP contribution in [0.4, 0.5) is 15.9 Å². The summed E-state index contributed by atoms with van der Waals surface area (Å²) in [6.45, 7) is 14.3. The highest BCUT2D eigenvalue weighted by Crippen LogP contribution is 2.56. The number of likely N-dealkylation sites (N-methyl/N-ethyl adjacent to an activating group) is 1. The second-order valence-corrected chi connectivity index (χ2v) is 12.8. The van der Waals surface area contributed by atoms with Crippen molar-refractivity contribution in [3.8, 4) is 11.1 Å². The number of halogens is 3. The number of nitrogens with zero attached hydrogens (tertiary/aromatic N) is 5. The van der Waals surface area contributed by atoms with Gasteiger partial charge in [0, 0.05) is 79.5 Å². The van der Waals surface area contributed by atoms with Crippen molar-refractivity contribution in [3.05, 3.63) is 39.8 Å². The Morgan fingerprint density at radius 2 is 1.98 bits per heavy atom. The van der Waals surface area contributed by atoms with Crippen LogP contribution >= 0.6 is 23.2 Å². The molecule has 3 N–H and O–H groups in total. The molecule has 1 atom stereocenters. The molecule has 3 fully saturated rings. The lowest BCUT2D eigenvalue weighted by Gasteiger charge is -2.58. The molecule has 9 nitrogen and oxygen atoms in total. The van der Waals surface area contributed by atoms with Gasteiger partial charge in [-0.05, 0) is 39.3 Å². The van der Waals surface area contributed by atoms with Gasteiger partial charge in [0.2, 0.25) is 0 Å². The number of carbonyl (C=O) groups is 1. The van der Waals surface area contributed by atoms with Gasteiger partial charge in [-0.3, -0.25) is 14.4 Å². The summed E-state index contributed by atoms with van der Waals surface area (Å²) in [7, 11) is 1.71. The Bertz CT molecular complexity index is 1400. The highest BCUT2D eigenvalue weighted by molar-refractivity contribution is 6.44. The fourth-order valence-electron chi connectivity index (χ4n) is 7.07. The first-order valence-corrected chi connectivity index (χ1v) is 14.6. The van der Waals surface area contributed by atoms with Crippen molar-refractivity contribution >= 4 is 46.8 Å². The molecular formula is C29H38Cl2FN7O2. The van der Waals surface area contributed by atoms with Crippen molar-refractivity contribution in [1.82, 2.24) is 19.6 Å². The number of amides is 1. The van der Waals surface area contributed by atoms with E-state index in [0.717, 1.165) is 56.1 Å². The Balaban J connectivity index is 1.59. The quantitative estimate of drug-likeness (QED) is 0.251. The van der Waals surface area contributed by atoms with Gasteiger partial charge in [0.1, 0.15) is 0 Å². The molecule has 1 aliphatic carbocycles. The molecule has 2 aromatic rings. The summed E-state index contributed by atoms with van der Waals surface area (Å²) >= 11 is 13.4. The third kappa shape index (κ3) is 4.92. The average Bonchev–Trinajstić information content (AvgIpc) is 3.19. The van der Waals surface area contributed by atoms with E-state index < -0.39 is 11.7 Å². The average molecular weight is 607 g/mol. The first-order chi connectivity index (χ1) is 19.4. The molecule has 2 aliphatic heterocycles. The van der Waals surface area contributed by atoms with Crippen LogP contribution in [-0.2, 0) is 9.53 Å². The maximum atomic E-state index is 13.4. The molecule has 0 radical (unpaired) electrons. The maximum Gasteiger partial charge on any atom is 0.282 e. The van der Waals surface area contributed by atoms with Crippen LogP contribution in [0.5, 0.6) is 0 Å². The standard InChI is InChI=1S/C29H38Cl2FN7O2/c1-6-36-7-8-38(28(4,13-36)16-41-5)26-23(24-20(12-33)22(34)9-21(30)25(24)31)18(3)39(35-26)19-10-29(11-19)14-37(15-29)27(40)17(2)32/h9,12,19,33H,2,6-8,10-11,13-16,34H2,1,3-5H3/t28-/m1/s1. The zero-order chi connectivity index (χ0) is 29.9. The molecule has 12 heteroatoms. The Morgan fingerprint density at radius 3 is 2.56 bits per heavy atom. The number of rotatable bonds is 8. The summed E-state index contributed by atoms with van der Waals surface area (Å²) in [5, 5.41) is 14.1. The summed E-state index contributed by atoms with van der Waals surface area (Å²) in [4.78, 5) is 18.2. The van der Waals surface area contributed by atoms with E-state index >= 15 is 0 Å². The molecule has 2 saturated heterocycles. The number of hydrogen-bond acceptors (Lipinski definition) is 7. The van der Waals surface area contributed by atoms with E-state index in [0.29, 0.717) is 46.6 Å². The number of methoxy groups -OCH3 is 1. The second kappa shape index (κ2) is 10.9. The third-order valence-corrected chi connectivity index (χ3v) is 9.87. The molecule has 3 heterocycles. The van der Waals surface area contributed by atoms with Gasteiger partial charge >= 0.3 is 0 Å². The number of nitrogen functional groups attached to an aromatic ring is 1. The lowest BCUT2D eigenvalue weighted by Crippen LogP contribution is -2.64. The van der Waals surface area contributed by atoms with Gasteiger partial charge in [-0.25, -0.2) is 4.39 Å². The van der Waals surface area contributed by atoms with E-state index in [1.165, 1.54) is 11.1 Å². The molecule has 222 valence electrons. The zero-order valence-electron chi connectivity index (χ0n) is 24.1. The molecule has 0 bridgehead atoms. The Hall–Kier alpha value is -2.66. The van der Waals surface area contributed by atoms with Crippen molar-refractivity contribution in [2.24, 2.45) is 5.41 Å². The third-order valence-electron chi connectivity index (χ3n) is 9.09. The monoisotopic (exact) mass is 605 g/mol. The number of piperazine rings is 1. The molecule has 3 aliphatic rings. The molecular weight excluding hydrogens is 568 g/mol. The Morgan fingerprint density at radius 1 is 1.29 bits per heavy atom. The number of nitrogens with one attached hydrogen (secondary N) is 1. The van der Waals surface area contributed by atoms with Gasteiger partial charge in [0.05, 0.1) is 28.2 Å². The van der Waals surface area contributed by atoms with Crippen LogP contribution < -0.4 is 10.6 Å². The largest absolute Gasteiger partial charge is 0.398 e. The second-order valence-electron chi connectivity index (χ2n) is 12.0. The number of nitrogens with two attached hydrogens (primary N) is 1. The van der Waals surface area contributed by atoms with E-state index in [-0.39, 0.29) is 17.0 Å². The smallest absolute Gasteiger partial charge is 0.282 e. The number of hydrogen-bond donors (Lipinski definition) is 2. The predicted octanol–water partition coefficient (Wildman–Crippen LogP) is 4.94. The Labute approximate surface area is 250 Å². The molecule has 1 aromatic heterocycles. The summed E-state index contributed by atoms with van der Waals surface area (Å²) in [5.74, 6) is -0.797. The van der Waals surface area contributed by atoms with Crippen molar-refractivity contribution < 1.29 is 13.9 Å². The summed E-state index contributed by atoms with van der Waals surface area (Å²) in [5.41, 5.74) is 9.09. The molecule has 0 unspecified atom stereocenters. The minimum Gasteiger partial charge on any atom is -0.398 e. The van der Waals surface area contributed by atoms with E-state index in [2.05, 4.69) is 34.9 Å². The maximum absolute atomic E-state index is 13.4. The van der Waals surface area contributed by atoms with Gasteiger partial charge < -0.3 is 25.7 Å². The SMILES string of the molecule is C=C(F)C(=O)N1CC2(CC(n3nc(N4CCN(CC)C[C@]4(C)COC)c(-c4c(Cl)c(Cl)cc(N)c4C=N)c3C)C2)C1. The number of anilines is 2. The summed E-state index contributed by atoms with van der Waals surface area (Å²) in [6, 6.07) is 1.67. The van der Waals surface area contributed by atoms with Gasteiger partial charge in [-0.2, -0.15) is 5.10 Å². The van der Waals surface area contributed by atoms with Crippen LogP contribution in [0.1, 0.15) is 44.0 Å². The molecule has 41 heavy (non-hydrogen) atoms. The van der Waals surface area contributed by atoms with E-state index in [4.69, 9.17) is 44.2 Å². The van der Waals surface area contributed by atoms with Crippen molar-refractivity contribution in [2.45, 2.75) is 45.2 Å². The first-order valence-electron chi connectivity index (χ1n) is 13.9. The lowest BCUT2D eigenvalue weighted by atomic mass is 9.60. The number of likely N-dealkylation sites (tertiary alicyclic amines) is 1. The fraction of sp³-hybridized carbons (Fsp3) is 0.552. The molecule has 1 spiro atoms. The number of benzene rings is 1. The fourth-order valence-corrected chi connectivity index (χ4v) is 7.54. The van der Waals surface area contributed by atoms with Crippen LogP contribution in [0.2, 0.25) is 10.0 Å². The van der Waals surface area contributed by atoms with Gasteiger partial charge in [0.15, 0.2) is 11.6 Å². The van der Waals surface area contributed by atoms with Gasteiger partial charge in [-0.1, -0.05) is 36.7 Å². The van der Waals surface area contributed by atoms with Gasteiger partial charge in [0.25, 0.3) is 5.91 Å². The minimum absolute atomic E-state index is 0.0376. The highest BCUT2D eigenvalue weighted by atomic mass is 35.5. The van der Waals surface area contributed by atoms with Crippen molar-refractivity contribution in [3.63, 3.8) is 0 Å². The predicted molar refractivity (Wildman–Crippen MR) is 162 cm³/mol. The van der Waals surface area contributed by atoms with Crippen LogP contribution in [0.25, 0.3) is 11.1 Å². The molecule has 5 rings (SSSR count). The number of carbonyl (C=O) groups excluding carboxylic acids is 1. The molecule has 1 saturated carbocycles. The van der Waals surface area contributed by atoms with E-state index in [1.54, 1.807) is 13.2 Å². The minimum atomic E-state index is -0.921. The topological polar surface area (TPSA) is 104 Å². The lowest BCUT2D eigenvalue weighted by molar-refractivity contribution is -0.151. The first kappa shape index (κ1) is 29.8. The Kier molecular flexibility index (Phi) is 7.91.